The molecule has 4 rings (SSSR count). The second-order valence-electron chi connectivity index (χ2n) is 6.46. The topological polar surface area (TPSA) is 111 Å². The Balaban J connectivity index is 1.63. The van der Waals surface area contributed by atoms with Gasteiger partial charge in [-0.05, 0) is 37.1 Å². The number of rotatable bonds is 5. The van der Waals surface area contributed by atoms with Gasteiger partial charge in [0.1, 0.15) is 5.52 Å². The third-order valence-electron chi connectivity index (χ3n) is 4.69. The molecule has 0 unspecified atom stereocenters. The molecule has 0 aliphatic carbocycles. The fraction of sp³-hybridized carbons (Fsp3) is 0.333. The van der Waals surface area contributed by atoms with Gasteiger partial charge in [-0.25, -0.2) is 9.78 Å². The van der Waals surface area contributed by atoms with Crippen molar-refractivity contribution >= 4 is 17.1 Å². The average Bonchev–Trinajstić information content (AvgIpc) is 3.29. The van der Waals surface area contributed by atoms with Crippen LogP contribution in [-0.4, -0.2) is 39.2 Å². The first-order valence-corrected chi connectivity index (χ1v) is 8.63. The Morgan fingerprint density at radius 1 is 1.38 bits per heavy atom. The summed E-state index contributed by atoms with van der Waals surface area (Å²) >= 11 is 0. The Hall–Kier alpha value is -3.18. The van der Waals surface area contributed by atoms with Crippen LogP contribution in [0.25, 0.3) is 11.2 Å². The first kappa shape index (κ1) is 16.3. The second kappa shape index (κ2) is 6.98. The average molecular weight is 349 g/mol. The van der Waals surface area contributed by atoms with Gasteiger partial charge in [-0.2, -0.15) is 10.2 Å². The SMILES string of the molecule is N#Cc1ccccc1Cn1c(=O)[nH]c2cnc(NC[C@@H]3CCNC3)nc21. The zero-order valence-corrected chi connectivity index (χ0v) is 14.2. The normalized spacial score (nSPS) is 16.7. The molecule has 3 heterocycles. The molecule has 8 heteroatoms. The van der Waals surface area contributed by atoms with Crippen molar-refractivity contribution in [1.82, 2.24) is 24.8 Å². The molecular weight excluding hydrogens is 330 g/mol. The summed E-state index contributed by atoms with van der Waals surface area (Å²) < 4.78 is 1.54. The van der Waals surface area contributed by atoms with Crippen molar-refractivity contribution in [3.63, 3.8) is 0 Å². The Morgan fingerprint density at radius 3 is 3.08 bits per heavy atom. The minimum atomic E-state index is -0.265. The molecule has 8 nitrogen and oxygen atoms in total. The van der Waals surface area contributed by atoms with Crippen LogP contribution < -0.4 is 16.3 Å². The number of nitriles is 1. The second-order valence-corrected chi connectivity index (χ2v) is 6.46. The molecule has 1 aliphatic heterocycles. The van der Waals surface area contributed by atoms with Crippen LogP contribution in [0.4, 0.5) is 5.95 Å². The molecule has 1 fully saturated rings. The summed E-state index contributed by atoms with van der Waals surface area (Å²) in [5.41, 5.74) is 2.18. The molecule has 1 aromatic carbocycles. The largest absolute Gasteiger partial charge is 0.354 e. The van der Waals surface area contributed by atoms with Crippen molar-refractivity contribution in [2.45, 2.75) is 13.0 Å². The highest BCUT2D eigenvalue weighted by molar-refractivity contribution is 5.71. The number of hydrogen-bond donors (Lipinski definition) is 3. The first-order valence-electron chi connectivity index (χ1n) is 8.63. The van der Waals surface area contributed by atoms with Crippen LogP contribution >= 0.6 is 0 Å². The number of H-pyrrole nitrogens is 1. The monoisotopic (exact) mass is 349 g/mol. The Labute approximate surface area is 149 Å². The van der Waals surface area contributed by atoms with E-state index in [0.717, 1.165) is 31.6 Å². The van der Waals surface area contributed by atoms with Crippen molar-refractivity contribution in [3.05, 3.63) is 52.1 Å². The predicted molar refractivity (Wildman–Crippen MR) is 97.9 cm³/mol. The van der Waals surface area contributed by atoms with Gasteiger partial charge in [0.05, 0.1) is 24.4 Å². The highest BCUT2D eigenvalue weighted by Crippen LogP contribution is 2.14. The van der Waals surface area contributed by atoms with Crippen LogP contribution in [-0.2, 0) is 6.54 Å². The quantitative estimate of drug-likeness (QED) is 0.635. The van der Waals surface area contributed by atoms with Crippen LogP contribution in [0.5, 0.6) is 0 Å². The van der Waals surface area contributed by atoms with Crippen LogP contribution in [0.2, 0.25) is 0 Å². The number of anilines is 1. The zero-order valence-electron chi connectivity index (χ0n) is 14.2. The Morgan fingerprint density at radius 2 is 2.27 bits per heavy atom. The van der Waals surface area contributed by atoms with Crippen LogP contribution in [0.15, 0.2) is 35.3 Å². The van der Waals surface area contributed by atoms with Gasteiger partial charge in [0.25, 0.3) is 0 Å². The van der Waals surface area contributed by atoms with E-state index in [4.69, 9.17) is 0 Å². The summed E-state index contributed by atoms with van der Waals surface area (Å²) in [7, 11) is 0. The minimum absolute atomic E-state index is 0.265. The molecule has 0 bridgehead atoms. The number of hydrogen-bond acceptors (Lipinski definition) is 6. The number of aromatic nitrogens is 4. The maximum atomic E-state index is 12.3. The van der Waals surface area contributed by atoms with Crippen molar-refractivity contribution in [2.24, 2.45) is 5.92 Å². The van der Waals surface area contributed by atoms with E-state index in [9.17, 15) is 10.1 Å². The molecule has 1 atom stereocenters. The van der Waals surface area contributed by atoms with Crippen molar-refractivity contribution in [1.29, 1.82) is 5.26 Å². The van der Waals surface area contributed by atoms with Gasteiger partial charge in [-0.15, -0.1) is 0 Å². The third-order valence-corrected chi connectivity index (χ3v) is 4.69. The lowest BCUT2D eigenvalue weighted by molar-refractivity contribution is 0.613. The van der Waals surface area contributed by atoms with Crippen LogP contribution in [0.3, 0.4) is 0 Å². The summed E-state index contributed by atoms with van der Waals surface area (Å²) in [6.07, 6.45) is 2.75. The van der Waals surface area contributed by atoms with E-state index in [2.05, 4.69) is 31.7 Å². The summed E-state index contributed by atoms with van der Waals surface area (Å²) in [5, 5.41) is 15.9. The highest BCUT2D eigenvalue weighted by Gasteiger charge is 2.16. The van der Waals surface area contributed by atoms with Crippen molar-refractivity contribution in [3.8, 4) is 6.07 Å². The van der Waals surface area contributed by atoms with E-state index < -0.39 is 0 Å². The smallest absolute Gasteiger partial charge is 0.328 e. The Bertz CT molecular complexity index is 1020. The molecule has 1 saturated heterocycles. The molecule has 0 spiro atoms. The molecule has 3 aromatic rings. The molecule has 3 N–H and O–H groups in total. The number of aromatic amines is 1. The molecule has 0 radical (unpaired) electrons. The van der Waals surface area contributed by atoms with Crippen molar-refractivity contribution < 1.29 is 0 Å². The summed E-state index contributed by atoms with van der Waals surface area (Å²) in [6.45, 7) is 3.12. The van der Waals surface area contributed by atoms with Crippen LogP contribution in [0, 0.1) is 17.2 Å². The number of benzene rings is 1. The highest BCUT2D eigenvalue weighted by atomic mass is 16.1. The van der Waals surface area contributed by atoms with E-state index >= 15 is 0 Å². The van der Waals surface area contributed by atoms with Crippen molar-refractivity contribution in [2.75, 3.05) is 25.0 Å². The van der Waals surface area contributed by atoms with E-state index in [-0.39, 0.29) is 12.2 Å². The molecule has 26 heavy (non-hydrogen) atoms. The van der Waals surface area contributed by atoms with E-state index in [1.165, 1.54) is 4.57 Å². The molecule has 132 valence electrons. The maximum Gasteiger partial charge on any atom is 0.328 e. The van der Waals surface area contributed by atoms with Gasteiger partial charge in [-0.3, -0.25) is 4.57 Å². The maximum absolute atomic E-state index is 12.3. The van der Waals surface area contributed by atoms with Gasteiger partial charge in [-0.1, -0.05) is 18.2 Å². The standard InChI is InChI=1S/C18H19N7O/c19-7-13-3-1-2-4-14(13)11-25-16-15(23-18(25)26)10-22-17(24-16)21-9-12-5-6-20-8-12/h1-4,10,12,20H,5-6,8-9,11H2,(H,23,26)(H,21,22,24)/t12-/m1/s1. The van der Waals surface area contributed by atoms with E-state index in [1.54, 1.807) is 12.3 Å². The molecule has 1 aliphatic rings. The lowest BCUT2D eigenvalue weighted by Gasteiger charge is -2.10. The fourth-order valence-corrected chi connectivity index (χ4v) is 3.24. The molecular formula is C18H19N7O. The Kier molecular flexibility index (Phi) is 4.37. The lowest BCUT2D eigenvalue weighted by Crippen LogP contribution is -2.19. The van der Waals surface area contributed by atoms with Crippen LogP contribution in [0.1, 0.15) is 17.5 Å². The number of imidazole rings is 1. The summed E-state index contributed by atoms with van der Waals surface area (Å²) in [5.74, 6) is 1.07. The molecule has 0 saturated carbocycles. The van der Waals surface area contributed by atoms with Gasteiger partial charge in [0, 0.05) is 6.54 Å². The third kappa shape index (κ3) is 3.17. The number of fused-ring (bicyclic) bond motifs is 1. The molecule has 2 aromatic heterocycles. The van der Waals surface area contributed by atoms with Gasteiger partial charge in [0.15, 0.2) is 5.65 Å². The fourth-order valence-electron chi connectivity index (χ4n) is 3.24. The minimum Gasteiger partial charge on any atom is -0.354 e. The number of nitrogens with one attached hydrogen (secondary N) is 3. The summed E-state index contributed by atoms with van der Waals surface area (Å²) in [6, 6.07) is 9.41. The summed E-state index contributed by atoms with van der Waals surface area (Å²) in [4.78, 5) is 23.9. The van der Waals surface area contributed by atoms with Gasteiger partial charge < -0.3 is 15.6 Å². The molecule has 0 amide bonds. The predicted octanol–water partition coefficient (Wildman–Crippen LogP) is 1.06. The van der Waals surface area contributed by atoms with Gasteiger partial charge in [0.2, 0.25) is 5.95 Å². The first-order chi connectivity index (χ1) is 12.7. The van der Waals surface area contributed by atoms with E-state index in [1.807, 2.05) is 18.2 Å². The van der Waals surface area contributed by atoms with Gasteiger partial charge >= 0.3 is 5.69 Å². The number of nitrogens with zero attached hydrogens (tertiary/aromatic N) is 4. The zero-order chi connectivity index (χ0) is 17.9. The van der Waals surface area contributed by atoms with E-state index in [0.29, 0.717) is 28.6 Å². The lowest BCUT2D eigenvalue weighted by atomic mass is 10.1.